The third-order valence-electron chi connectivity index (χ3n) is 1.30. The Labute approximate surface area is 63.4 Å². The van der Waals surface area contributed by atoms with Gasteiger partial charge < -0.3 is 0 Å². The van der Waals surface area contributed by atoms with Gasteiger partial charge in [-0.2, -0.15) is 0 Å². The lowest BCUT2D eigenvalue weighted by atomic mass is 10.2. The lowest BCUT2D eigenvalue weighted by Gasteiger charge is -1.97. The summed E-state index contributed by atoms with van der Waals surface area (Å²) in [6, 6.07) is 3.39. The van der Waals surface area contributed by atoms with Crippen molar-refractivity contribution in [1.29, 1.82) is 0 Å². The molecule has 0 saturated carbocycles. The molecule has 0 aliphatic carbocycles. The molecule has 1 aromatic carbocycles. The van der Waals surface area contributed by atoms with Crippen LogP contribution in [-0.2, 0) is 6.54 Å². The van der Waals surface area contributed by atoms with E-state index in [4.69, 9.17) is 0 Å². The average Bonchev–Trinajstić information content (AvgIpc) is 1.95. The van der Waals surface area contributed by atoms with Crippen LogP contribution in [0.15, 0.2) is 23.2 Å². The van der Waals surface area contributed by atoms with Gasteiger partial charge in [0.2, 0.25) is 0 Å². The molecule has 0 saturated heterocycles. The zero-order chi connectivity index (χ0) is 8.27. The van der Waals surface area contributed by atoms with Gasteiger partial charge in [-0.25, -0.2) is 8.78 Å². The Kier molecular flexibility index (Phi) is 2.31. The van der Waals surface area contributed by atoms with E-state index in [0.717, 1.165) is 6.07 Å². The first-order valence-corrected chi connectivity index (χ1v) is 3.10. The number of aliphatic imine (C=N–C) groups is 1. The maximum atomic E-state index is 12.7. The summed E-state index contributed by atoms with van der Waals surface area (Å²) in [5.41, 5.74) is 0.362. The summed E-state index contributed by atoms with van der Waals surface area (Å²) in [5.74, 6) is -1.15. The monoisotopic (exact) mass is 155 g/mol. The first-order chi connectivity index (χ1) is 5.24. The van der Waals surface area contributed by atoms with Gasteiger partial charge in [-0.1, -0.05) is 6.07 Å². The molecule has 0 fully saturated rings. The van der Waals surface area contributed by atoms with Crippen molar-refractivity contribution in [2.75, 3.05) is 0 Å². The molecule has 0 aromatic heterocycles. The van der Waals surface area contributed by atoms with Crippen LogP contribution in [0.2, 0.25) is 0 Å². The third kappa shape index (κ3) is 1.83. The number of hydrogen-bond acceptors (Lipinski definition) is 1. The molecule has 0 aliphatic rings. The molecular formula is C8H7F2N. The SMILES string of the molecule is C=NCc1ccc(F)cc1F. The smallest absolute Gasteiger partial charge is 0.131 e. The van der Waals surface area contributed by atoms with Crippen LogP contribution in [0.3, 0.4) is 0 Å². The average molecular weight is 155 g/mol. The molecular weight excluding hydrogens is 148 g/mol. The number of nitrogens with zero attached hydrogens (tertiary/aromatic N) is 1. The van der Waals surface area contributed by atoms with E-state index in [9.17, 15) is 8.78 Å². The van der Waals surface area contributed by atoms with Gasteiger partial charge in [-0.3, -0.25) is 4.99 Å². The van der Waals surface area contributed by atoms with Crippen molar-refractivity contribution in [3.8, 4) is 0 Å². The highest BCUT2D eigenvalue weighted by Gasteiger charge is 2.00. The fourth-order valence-corrected chi connectivity index (χ4v) is 0.770. The van der Waals surface area contributed by atoms with Gasteiger partial charge in [-0.15, -0.1) is 0 Å². The zero-order valence-corrected chi connectivity index (χ0v) is 5.85. The molecule has 0 amide bonds. The molecule has 0 radical (unpaired) electrons. The van der Waals surface area contributed by atoms with Crippen molar-refractivity contribution < 1.29 is 8.78 Å². The van der Waals surface area contributed by atoms with Crippen molar-refractivity contribution in [3.63, 3.8) is 0 Å². The van der Waals surface area contributed by atoms with Crippen molar-refractivity contribution >= 4 is 6.72 Å². The molecule has 58 valence electrons. The Balaban J connectivity index is 2.98. The second-order valence-corrected chi connectivity index (χ2v) is 2.12. The third-order valence-corrected chi connectivity index (χ3v) is 1.30. The Hall–Kier alpha value is -1.25. The van der Waals surface area contributed by atoms with Gasteiger partial charge in [0.15, 0.2) is 0 Å². The summed E-state index contributed by atoms with van der Waals surface area (Å²) < 4.78 is 25.0. The summed E-state index contributed by atoms with van der Waals surface area (Å²) in [5, 5.41) is 0. The van der Waals surface area contributed by atoms with Crippen LogP contribution in [0.1, 0.15) is 5.56 Å². The summed E-state index contributed by atoms with van der Waals surface area (Å²) in [6.07, 6.45) is 0. The zero-order valence-electron chi connectivity index (χ0n) is 5.85. The van der Waals surface area contributed by atoms with Crippen LogP contribution in [0.4, 0.5) is 8.78 Å². The van der Waals surface area contributed by atoms with Gasteiger partial charge in [-0.05, 0) is 12.8 Å². The number of rotatable bonds is 2. The Morgan fingerprint density at radius 1 is 1.36 bits per heavy atom. The van der Waals surface area contributed by atoms with E-state index >= 15 is 0 Å². The van der Waals surface area contributed by atoms with Gasteiger partial charge in [0.25, 0.3) is 0 Å². The highest BCUT2D eigenvalue weighted by molar-refractivity contribution is 5.26. The van der Waals surface area contributed by atoms with Crippen molar-refractivity contribution in [2.45, 2.75) is 6.54 Å². The van der Waals surface area contributed by atoms with Crippen LogP contribution in [0.25, 0.3) is 0 Å². The molecule has 0 bridgehead atoms. The van der Waals surface area contributed by atoms with E-state index in [2.05, 4.69) is 11.7 Å². The van der Waals surface area contributed by atoms with Gasteiger partial charge in [0.1, 0.15) is 11.6 Å². The van der Waals surface area contributed by atoms with Gasteiger partial charge in [0, 0.05) is 11.6 Å². The minimum absolute atomic E-state index is 0.187. The van der Waals surface area contributed by atoms with Crippen LogP contribution in [0.5, 0.6) is 0 Å². The lowest BCUT2D eigenvalue weighted by molar-refractivity contribution is 0.573. The first kappa shape index (κ1) is 7.85. The normalized spacial score (nSPS) is 9.64. The molecule has 11 heavy (non-hydrogen) atoms. The fourth-order valence-electron chi connectivity index (χ4n) is 0.770. The summed E-state index contributed by atoms with van der Waals surface area (Å²) in [7, 11) is 0. The summed E-state index contributed by atoms with van der Waals surface area (Å²) >= 11 is 0. The van der Waals surface area contributed by atoms with Crippen molar-refractivity contribution in [1.82, 2.24) is 0 Å². The van der Waals surface area contributed by atoms with Gasteiger partial charge >= 0.3 is 0 Å². The summed E-state index contributed by atoms with van der Waals surface area (Å²) in [4.78, 5) is 3.48. The number of hydrogen-bond donors (Lipinski definition) is 0. The van der Waals surface area contributed by atoms with E-state index in [1.54, 1.807) is 0 Å². The predicted molar refractivity (Wildman–Crippen MR) is 39.6 cm³/mol. The van der Waals surface area contributed by atoms with E-state index in [1.807, 2.05) is 0 Å². The maximum absolute atomic E-state index is 12.7. The minimum Gasteiger partial charge on any atom is -0.296 e. The van der Waals surface area contributed by atoms with Crippen molar-refractivity contribution in [3.05, 3.63) is 35.4 Å². The van der Waals surface area contributed by atoms with Crippen LogP contribution >= 0.6 is 0 Å². The quantitative estimate of drug-likeness (QED) is 0.580. The first-order valence-electron chi connectivity index (χ1n) is 3.10. The minimum atomic E-state index is -0.574. The molecule has 0 unspecified atom stereocenters. The second-order valence-electron chi connectivity index (χ2n) is 2.12. The van der Waals surface area contributed by atoms with E-state index in [-0.39, 0.29) is 6.54 Å². The van der Waals surface area contributed by atoms with Gasteiger partial charge in [0.05, 0.1) is 6.54 Å². The molecule has 0 spiro atoms. The standard InChI is InChI=1S/C8H7F2N/c1-11-5-6-2-3-7(9)4-8(6)10/h2-4H,1,5H2. The lowest BCUT2D eigenvalue weighted by Crippen LogP contribution is -1.88. The highest BCUT2D eigenvalue weighted by Crippen LogP contribution is 2.09. The molecule has 1 nitrogen and oxygen atoms in total. The number of benzene rings is 1. The van der Waals surface area contributed by atoms with Crippen molar-refractivity contribution in [2.24, 2.45) is 4.99 Å². The molecule has 0 aliphatic heterocycles. The van der Waals surface area contributed by atoms with E-state index < -0.39 is 11.6 Å². The van der Waals surface area contributed by atoms with Crippen LogP contribution in [0, 0.1) is 11.6 Å². The Morgan fingerprint density at radius 3 is 2.64 bits per heavy atom. The molecule has 1 rings (SSSR count). The molecule has 0 atom stereocenters. The molecule has 3 heteroatoms. The molecule has 1 aromatic rings. The molecule has 0 N–H and O–H groups in total. The predicted octanol–water partition coefficient (Wildman–Crippen LogP) is 2.17. The number of halogens is 2. The Bertz CT molecular complexity index is 271. The van der Waals surface area contributed by atoms with Crippen LogP contribution < -0.4 is 0 Å². The van der Waals surface area contributed by atoms with E-state index in [1.165, 1.54) is 12.1 Å². The summed E-state index contributed by atoms with van der Waals surface area (Å²) in [6.45, 7) is 3.40. The molecule has 0 heterocycles. The highest BCUT2D eigenvalue weighted by atomic mass is 19.1. The van der Waals surface area contributed by atoms with Crippen LogP contribution in [-0.4, -0.2) is 6.72 Å². The largest absolute Gasteiger partial charge is 0.296 e. The van der Waals surface area contributed by atoms with E-state index in [0.29, 0.717) is 5.56 Å². The fraction of sp³-hybridized carbons (Fsp3) is 0.125. The topological polar surface area (TPSA) is 12.4 Å². The maximum Gasteiger partial charge on any atom is 0.131 e. The Morgan fingerprint density at radius 2 is 2.09 bits per heavy atom. The second kappa shape index (κ2) is 3.23.